The fourth-order valence-corrected chi connectivity index (χ4v) is 4.30. The van der Waals surface area contributed by atoms with Gasteiger partial charge in [0.05, 0.1) is 18.0 Å². The van der Waals surface area contributed by atoms with Crippen molar-refractivity contribution in [1.82, 2.24) is 10.6 Å². The largest absolute Gasteiger partial charge is 0.391 e. The molecule has 2 aliphatic heterocycles. The van der Waals surface area contributed by atoms with Crippen LogP contribution in [0.4, 0.5) is 5.69 Å². The number of aliphatic hydroxyl groups is 1. The van der Waals surface area contributed by atoms with Crippen LogP contribution >= 0.6 is 12.4 Å². The Morgan fingerprint density at radius 1 is 1.40 bits per heavy atom. The van der Waals surface area contributed by atoms with Gasteiger partial charge in [-0.05, 0) is 36.6 Å². The molecule has 0 radical (unpaired) electrons. The molecule has 9 heteroatoms. The number of aliphatic hydroxyl groups excluding tert-OH is 1. The molecule has 2 heterocycles. The molecule has 3 rings (SSSR count). The van der Waals surface area contributed by atoms with Crippen LogP contribution in [0.15, 0.2) is 18.2 Å². The van der Waals surface area contributed by atoms with Gasteiger partial charge in [-0.25, -0.2) is 8.42 Å². The molecule has 0 spiro atoms. The van der Waals surface area contributed by atoms with Crippen molar-refractivity contribution >= 4 is 34.0 Å². The summed E-state index contributed by atoms with van der Waals surface area (Å²) in [6.07, 6.45) is 2.26. The van der Waals surface area contributed by atoms with Crippen LogP contribution in [0.2, 0.25) is 0 Å². The molecule has 2 atom stereocenters. The highest BCUT2D eigenvalue weighted by Crippen LogP contribution is 2.29. The van der Waals surface area contributed by atoms with Crippen LogP contribution < -0.4 is 14.9 Å². The summed E-state index contributed by atoms with van der Waals surface area (Å²) < 4.78 is 25.1. The standard InChI is InChI=1S/C16H23N3O4S.ClH/c1-24(22,23)19-6-2-3-11-7-12(4-5-14(11)19)16(21)18-9-13-8-17-10-15(13)20;/h4-5,7,13,15,17,20H,2-3,6,8-10H2,1H3,(H,18,21);1H. The molecule has 1 aromatic rings. The summed E-state index contributed by atoms with van der Waals surface area (Å²) >= 11 is 0. The average molecular weight is 390 g/mol. The summed E-state index contributed by atoms with van der Waals surface area (Å²) in [6.45, 7) is 2.14. The average Bonchev–Trinajstić information content (AvgIpc) is 2.95. The summed E-state index contributed by atoms with van der Waals surface area (Å²) in [5.74, 6) is -0.180. The van der Waals surface area contributed by atoms with Crippen LogP contribution in [-0.2, 0) is 16.4 Å². The lowest BCUT2D eigenvalue weighted by molar-refractivity contribution is 0.0927. The quantitative estimate of drug-likeness (QED) is 0.680. The molecule has 1 aromatic carbocycles. The number of fused-ring (bicyclic) bond motifs is 1. The van der Waals surface area contributed by atoms with E-state index >= 15 is 0 Å². The van der Waals surface area contributed by atoms with Crippen molar-refractivity contribution in [3.8, 4) is 0 Å². The number of aryl methyl sites for hydroxylation is 1. The van der Waals surface area contributed by atoms with Crippen molar-refractivity contribution in [3.63, 3.8) is 0 Å². The Morgan fingerprint density at radius 2 is 2.16 bits per heavy atom. The Kier molecular flexibility index (Phi) is 6.31. The SMILES string of the molecule is CS(=O)(=O)N1CCCc2cc(C(=O)NCC3CNCC3O)ccc21.Cl. The first-order valence-corrected chi connectivity index (χ1v) is 9.98. The number of benzene rings is 1. The van der Waals surface area contributed by atoms with Crippen LogP contribution in [0, 0.1) is 5.92 Å². The van der Waals surface area contributed by atoms with Gasteiger partial charge in [0.15, 0.2) is 0 Å². The Bertz CT molecular complexity index is 741. The lowest BCUT2D eigenvalue weighted by atomic mass is 10.00. The summed E-state index contributed by atoms with van der Waals surface area (Å²) in [6, 6.07) is 5.13. The molecule has 140 valence electrons. The van der Waals surface area contributed by atoms with Gasteiger partial charge < -0.3 is 15.7 Å². The molecule has 1 amide bonds. The Hall–Kier alpha value is -1.35. The number of hydrogen-bond acceptors (Lipinski definition) is 5. The van der Waals surface area contributed by atoms with E-state index in [1.165, 1.54) is 10.6 Å². The van der Waals surface area contributed by atoms with Crippen molar-refractivity contribution in [2.45, 2.75) is 18.9 Å². The van der Waals surface area contributed by atoms with Crippen LogP contribution in [0.5, 0.6) is 0 Å². The number of β-amino-alcohol motifs (C(OH)–C–C–N with tert-alkyl or cyclic N) is 1. The van der Waals surface area contributed by atoms with Gasteiger partial charge in [0, 0.05) is 37.7 Å². The molecule has 1 saturated heterocycles. The number of nitrogens with one attached hydrogen (secondary N) is 2. The van der Waals surface area contributed by atoms with E-state index in [0.717, 1.165) is 18.4 Å². The van der Waals surface area contributed by atoms with Gasteiger partial charge in [-0.3, -0.25) is 9.10 Å². The maximum Gasteiger partial charge on any atom is 0.251 e. The zero-order valence-electron chi connectivity index (χ0n) is 14.1. The van der Waals surface area contributed by atoms with E-state index in [2.05, 4.69) is 10.6 Å². The third-order valence-electron chi connectivity index (χ3n) is 4.65. The topological polar surface area (TPSA) is 98.7 Å². The van der Waals surface area contributed by atoms with E-state index in [4.69, 9.17) is 0 Å². The van der Waals surface area contributed by atoms with Crippen molar-refractivity contribution in [3.05, 3.63) is 29.3 Å². The predicted octanol–water partition coefficient (Wildman–Crippen LogP) is 0.131. The van der Waals surface area contributed by atoms with Crippen molar-refractivity contribution in [2.24, 2.45) is 5.92 Å². The third-order valence-corrected chi connectivity index (χ3v) is 5.83. The van der Waals surface area contributed by atoms with E-state index in [9.17, 15) is 18.3 Å². The fraction of sp³-hybridized carbons (Fsp3) is 0.562. The molecule has 7 nitrogen and oxygen atoms in total. The summed E-state index contributed by atoms with van der Waals surface area (Å²) in [5, 5.41) is 15.7. The predicted molar refractivity (Wildman–Crippen MR) is 98.9 cm³/mol. The van der Waals surface area contributed by atoms with Crippen molar-refractivity contribution in [1.29, 1.82) is 0 Å². The lowest BCUT2D eigenvalue weighted by Crippen LogP contribution is -2.36. The molecule has 0 aliphatic carbocycles. The van der Waals surface area contributed by atoms with Gasteiger partial charge in [-0.2, -0.15) is 0 Å². The first kappa shape index (κ1) is 20.0. The first-order chi connectivity index (χ1) is 11.4. The molecule has 0 bridgehead atoms. The number of amides is 1. The van der Waals surface area contributed by atoms with Gasteiger partial charge in [-0.1, -0.05) is 0 Å². The zero-order chi connectivity index (χ0) is 17.3. The van der Waals surface area contributed by atoms with E-state index in [1.807, 2.05) is 0 Å². The molecule has 0 saturated carbocycles. The second kappa shape index (κ2) is 7.90. The van der Waals surface area contributed by atoms with E-state index < -0.39 is 16.1 Å². The molecule has 1 fully saturated rings. The maximum absolute atomic E-state index is 12.3. The Labute approximate surface area is 154 Å². The van der Waals surface area contributed by atoms with Gasteiger partial charge in [0.1, 0.15) is 0 Å². The monoisotopic (exact) mass is 389 g/mol. The van der Waals surface area contributed by atoms with Crippen LogP contribution in [0.25, 0.3) is 0 Å². The number of carbonyl (C=O) groups excluding carboxylic acids is 1. The third kappa shape index (κ3) is 4.44. The molecule has 3 N–H and O–H groups in total. The highest BCUT2D eigenvalue weighted by atomic mass is 35.5. The fourth-order valence-electron chi connectivity index (χ4n) is 3.30. The van der Waals surface area contributed by atoms with Crippen LogP contribution in [0.3, 0.4) is 0 Å². The molecule has 0 aromatic heterocycles. The summed E-state index contributed by atoms with van der Waals surface area (Å²) in [7, 11) is -3.30. The van der Waals surface area contributed by atoms with Crippen LogP contribution in [-0.4, -0.2) is 58.0 Å². The zero-order valence-corrected chi connectivity index (χ0v) is 15.7. The number of sulfonamides is 1. The number of halogens is 1. The summed E-state index contributed by atoms with van der Waals surface area (Å²) in [5.41, 5.74) is 2.06. The number of rotatable bonds is 4. The smallest absolute Gasteiger partial charge is 0.251 e. The van der Waals surface area contributed by atoms with Gasteiger partial charge in [-0.15, -0.1) is 12.4 Å². The second-order valence-corrected chi connectivity index (χ2v) is 8.38. The van der Waals surface area contributed by atoms with Gasteiger partial charge in [0.25, 0.3) is 5.91 Å². The van der Waals surface area contributed by atoms with E-state index in [-0.39, 0.29) is 24.2 Å². The van der Waals surface area contributed by atoms with Crippen LogP contribution in [0.1, 0.15) is 22.3 Å². The van der Waals surface area contributed by atoms with Gasteiger partial charge >= 0.3 is 0 Å². The minimum Gasteiger partial charge on any atom is -0.391 e. The minimum atomic E-state index is -3.30. The van der Waals surface area contributed by atoms with Gasteiger partial charge in [0.2, 0.25) is 10.0 Å². The highest BCUT2D eigenvalue weighted by molar-refractivity contribution is 7.92. The molecular weight excluding hydrogens is 366 g/mol. The molecular formula is C16H24ClN3O4S. The number of nitrogens with zero attached hydrogens (tertiary/aromatic N) is 1. The lowest BCUT2D eigenvalue weighted by Gasteiger charge is -2.29. The maximum atomic E-state index is 12.3. The number of hydrogen-bond donors (Lipinski definition) is 3. The van der Waals surface area contributed by atoms with Crippen molar-refractivity contribution < 1.29 is 18.3 Å². The van der Waals surface area contributed by atoms with E-state index in [1.54, 1.807) is 18.2 Å². The number of anilines is 1. The van der Waals surface area contributed by atoms with Crippen molar-refractivity contribution in [2.75, 3.05) is 36.7 Å². The molecule has 25 heavy (non-hydrogen) atoms. The molecule has 2 aliphatic rings. The minimum absolute atomic E-state index is 0. The second-order valence-electron chi connectivity index (χ2n) is 6.48. The normalized spacial score (nSPS) is 22.9. The first-order valence-electron chi connectivity index (χ1n) is 8.14. The Balaban J connectivity index is 0.00000225. The molecule has 2 unspecified atom stereocenters. The Morgan fingerprint density at radius 3 is 2.80 bits per heavy atom. The highest BCUT2D eigenvalue weighted by Gasteiger charge is 2.26. The number of carbonyl (C=O) groups is 1. The summed E-state index contributed by atoms with van der Waals surface area (Å²) in [4.78, 5) is 12.3. The van der Waals surface area contributed by atoms with E-state index in [0.29, 0.717) is 37.4 Å².